The number of urea groups is 1. The summed E-state index contributed by atoms with van der Waals surface area (Å²) in [6.07, 6.45) is 5.34. The fourth-order valence-corrected chi connectivity index (χ4v) is 3.11. The molecule has 1 saturated heterocycles. The zero-order chi connectivity index (χ0) is 18.4. The zero-order valence-electron chi connectivity index (χ0n) is 15.5. The molecular formula is C19H27N5O2. The van der Waals surface area contributed by atoms with Gasteiger partial charge < -0.3 is 15.0 Å². The van der Waals surface area contributed by atoms with Crippen LogP contribution in [0.15, 0.2) is 24.3 Å². The SMILES string of the molecule is Cc1nc(Cc2ccc(NC(=O)N(C)CCCC3CCCO3)cc2)n[nH]1. The van der Waals surface area contributed by atoms with Gasteiger partial charge in [0.2, 0.25) is 0 Å². The summed E-state index contributed by atoms with van der Waals surface area (Å²) in [6.45, 7) is 3.49. The Bertz CT molecular complexity index is 707. The van der Waals surface area contributed by atoms with E-state index in [9.17, 15) is 4.79 Å². The van der Waals surface area contributed by atoms with E-state index in [2.05, 4.69) is 20.5 Å². The van der Waals surface area contributed by atoms with E-state index in [1.54, 1.807) is 4.90 Å². The molecule has 7 heteroatoms. The normalized spacial score (nSPS) is 16.6. The van der Waals surface area contributed by atoms with Crippen LogP contribution in [0.3, 0.4) is 0 Å². The highest BCUT2D eigenvalue weighted by Crippen LogP contribution is 2.17. The van der Waals surface area contributed by atoms with Gasteiger partial charge in [-0.2, -0.15) is 5.10 Å². The second-order valence-corrected chi connectivity index (χ2v) is 6.84. The van der Waals surface area contributed by atoms with Gasteiger partial charge in [0, 0.05) is 32.3 Å². The van der Waals surface area contributed by atoms with Gasteiger partial charge in [-0.25, -0.2) is 9.78 Å². The Balaban J connectivity index is 1.42. The van der Waals surface area contributed by atoms with Gasteiger partial charge in [0.15, 0.2) is 5.82 Å². The van der Waals surface area contributed by atoms with Crippen molar-refractivity contribution in [2.24, 2.45) is 0 Å². The minimum Gasteiger partial charge on any atom is -0.378 e. The quantitative estimate of drug-likeness (QED) is 0.797. The van der Waals surface area contributed by atoms with Crippen LogP contribution in [0.25, 0.3) is 0 Å². The molecule has 0 spiro atoms. The molecule has 0 radical (unpaired) electrons. The van der Waals surface area contributed by atoms with Crippen molar-refractivity contribution in [1.82, 2.24) is 20.1 Å². The second kappa shape index (κ2) is 8.80. The molecule has 2 heterocycles. The molecule has 1 unspecified atom stereocenters. The summed E-state index contributed by atoms with van der Waals surface area (Å²) < 4.78 is 5.62. The highest BCUT2D eigenvalue weighted by molar-refractivity contribution is 5.89. The van der Waals surface area contributed by atoms with Crippen LogP contribution in [0.5, 0.6) is 0 Å². The molecule has 1 aromatic carbocycles. The molecule has 140 valence electrons. The number of H-pyrrole nitrogens is 1. The standard InChI is InChI=1S/C19H27N5O2/c1-14-20-18(23-22-14)13-15-7-9-16(10-8-15)21-19(25)24(2)11-3-5-17-6-4-12-26-17/h7-10,17H,3-6,11-13H2,1-2H3,(H,21,25)(H,20,22,23). The number of anilines is 1. The lowest BCUT2D eigenvalue weighted by Gasteiger charge is -2.19. The van der Waals surface area contributed by atoms with E-state index in [0.29, 0.717) is 12.5 Å². The Hall–Kier alpha value is -2.41. The molecule has 1 aliphatic rings. The number of benzene rings is 1. The number of amides is 2. The van der Waals surface area contributed by atoms with Gasteiger partial charge in [0.25, 0.3) is 0 Å². The largest absolute Gasteiger partial charge is 0.378 e. The number of aromatic nitrogens is 3. The Morgan fingerprint density at radius 1 is 1.38 bits per heavy atom. The first kappa shape index (κ1) is 18.4. The van der Waals surface area contributed by atoms with E-state index in [1.165, 1.54) is 0 Å². The van der Waals surface area contributed by atoms with Crippen LogP contribution in [0.4, 0.5) is 10.5 Å². The maximum Gasteiger partial charge on any atom is 0.321 e. The van der Waals surface area contributed by atoms with Gasteiger partial charge in [0.05, 0.1) is 6.10 Å². The van der Waals surface area contributed by atoms with Gasteiger partial charge in [-0.15, -0.1) is 0 Å². The smallest absolute Gasteiger partial charge is 0.321 e. The summed E-state index contributed by atoms with van der Waals surface area (Å²) >= 11 is 0. The molecule has 0 saturated carbocycles. The molecule has 2 amide bonds. The number of nitrogens with one attached hydrogen (secondary N) is 2. The van der Waals surface area contributed by atoms with E-state index in [-0.39, 0.29) is 6.03 Å². The van der Waals surface area contributed by atoms with Crippen LogP contribution in [-0.4, -0.2) is 52.4 Å². The molecule has 2 aromatic rings. The fourth-order valence-electron chi connectivity index (χ4n) is 3.11. The third-order valence-corrected chi connectivity index (χ3v) is 4.60. The number of carbonyl (C=O) groups excluding carboxylic acids is 1. The van der Waals surface area contributed by atoms with Gasteiger partial charge in [0.1, 0.15) is 5.82 Å². The van der Waals surface area contributed by atoms with Crippen LogP contribution >= 0.6 is 0 Å². The molecule has 1 aromatic heterocycles. The number of carbonyl (C=O) groups is 1. The summed E-state index contributed by atoms with van der Waals surface area (Å²) in [6, 6.07) is 7.70. The molecule has 0 bridgehead atoms. The Labute approximate surface area is 154 Å². The Morgan fingerprint density at radius 3 is 2.85 bits per heavy atom. The number of aryl methyl sites for hydroxylation is 1. The summed E-state index contributed by atoms with van der Waals surface area (Å²) in [4.78, 5) is 18.3. The predicted molar refractivity (Wildman–Crippen MR) is 100 cm³/mol. The van der Waals surface area contributed by atoms with Crippen molar-refractivity contribution in [1.29, 1.82) is 0 Å². The zero-order valence-corrected chi connectivity index (χ0v) is 15.5. The maximum atomic E-state index is 12.3. The number of hydrogen-bond donors (Lipinski definition) is 2. The van der Waals surface area contributed by atoms with Crippen LogP contribution in [-0.2, 0) is 11.2 Å². The molecule has 1 aliphatic heterocycles. The summed E-state index contributed by atoms with van der Waals surface area (Å²) in [5.74, 6) is 1.58. The molecule has 7 nitrogen and oxygen atoms in total. The number of ether oxygens (including phenoxy) is 1. The highest BCUT2D eigenvalue weighted by Gasteiger charge is 2.16. The van der Waals surface area contributed by atoms with Crippen molar-refractivity contribution in [3.63, 3.8) is 0 Å². The lowest BCUT2D eigenvalue weighted by Crippen LogP contribution is -2.32. The first-order valence-corrected chi connectivity index (χ1v) is 9.20. The summed E-state index contributed by atoms with van der Waals surface area (Å²) in [5.41, 5.74) is 1.89. The van der Waals surface area contributed by atoms with Crippen LogP contribution in [0.2, 0.25) is 0 Å². The Kier molecular flexibility index (Phi) is 6.22. The third-order valence-electron chi connectivity index (χ3n) is 4.60. The van der Waals surface area contributed by atoms with Crippen LogP contribution in [0.1, 0.15) is 42.9 Å². The van der Waals surface area contributed by atoms with Crippen molar-refractivity contribution in [3.05, 3.63) is 41.5 Å². The maximum absolute atomic E-state index is 12.3. The monoisotopic (exact) mass is 357 g/mol. The average molecular weight is 357 g/mol. The van der Waals surface area contributed by atoms with Crippen molar-refractivity contribution in [3.8, 4) is 0 Å². The Morgan fingerprint density at radius 2 is 2.19 bits per heavy atom. The molecule has 2 N–H and O–H groups in total. The number of rotatable bonds is 7. The van der Waals surface area contributed by atoms with Crippen LogP contribution < -0.4 is 5.32 Å². The van der Waals surface area contributed by atoms with Gasteiger partial charge in [-0.3, -0.25) is 5.10 Å². The van der Waals surface area contributed by atoms with Gasteiger partial charge >= 0.3 is 6.03 Å². The topological polar surface area (TPSA) is 83.1 Å². The molecule has 26 heavy (non-hydrogen) atoms. The third kappa shape index (κ3) is 5.29. The molecule has 1 fully saturated rings. The van der Waals surface area contributed by atoms with Crippen molar-refractivity contribution in [2.75, 3.05) is 25.5 Å². The first-order valence-electron chi connectivity index (χ1n) is 9.20. The summed E-state index contributed by atoms with van der Waals surface area (Å²) in [7, 11) is 1.82. The molecule has 3 rings (SSSR count). The fraction of sp³-hybridized carbons (Fsp3) is 0.526. The molecular weight excluding hydrogens is 330 g/mol. The molecule has 0 aliphatic carbocycles. The highest BCUT2D eigenvalue weighted by atomic mass is 16.5. The van der Waals surface area contributed by atoms with E-state index in [4.69, 9.17) is 4.74 Å². The van der Waals surface area contributed by atoms with E-state index < -0.39 is 0 Å². The number of nitrogens with zero attached hydrogens (tertiary/aromatic N) is 3. The number of aromatic amines is 1. The summed E-state index contributed by atoms with van der Waals surface area (Å²) in [5, 5.41) is 9.92. The van der Waals surface area contributed by atoms with E-state index >= 15 is 0 Å². The average Bonchev–Trinajstić information content (AvgIpc) is 3.28. The van der Waals surface area contributed by atoms with Crippen molar-refractivity contribution in [2.45, 2.75) is 45.1 Å². The minimum atomic E-state index is -0.0883. The minimum absolute atomic E-state index is 0.0883. The van der Waals surface area contributed by atoms with Gasteiger partial charge in [-0.05, 0) is 50.3 Å². The molecule has 1 atom stereocenters. The van der Waals surface area contributed by atoms with Crippen molar-refractivity contribution >= 4 is 11.7 Å². The van der Waals surface area contributed by atoms with E-state index in [1.807, 2.05) is 38.2 Å². The lowest BCUT2D eigenvalue weighted by molar-refractivity contribution is 0.101. The van der Waals surface area contributed by atoms with E-state index in [0.717, 1.165) is 61.7 Å². The van der Waals surface area contributed by atoms with Crippen LogP contribution in [0, 0.1) is 6.92 Å². The number of hydrogen-bond acceptors (Lipinski definition) is 4. The van der Waals surface area contributed by atoms with Crippen molar-refractivity contribution < 1.29 is 9.53 Å². The second-order valence-electron chi connectivity index (χ2n) is 6.84. The first-order chi connectivity index (χ1) is 12.6. The lowest BCUT2D eigenvalue weighted by atomic mass is 10.1. The predicted octanol–water partition coefficient (Wildman–Crippen LogP) is 3.13. The van der Waals surface area contributed by atoms with Gasteiger partial charge in [-0.1, -0.05) is 12.1 Å².